The first kappa shape index (κ1) is 23.9. The molecule has 1 aliphatic carbocycles. The van der Waals surface area contributed by atoms with E-state index in [1.807, 2.05) is 4.72 Å². The minimum Gasteiger partial charge on any atom is -0.463 e. The molecule has 0 spiro atoms. The lowest BCUT2D eigenvalue weighted by Gasteiger charge is -2.13. The van der Waals surface area contributed by atoms with Gasteiger partial charge in [-0.1, -0.05) is 0 Å². The Hall–Kier alpha value is -4.52. The fourth-order valence-corrected chi connectivity index (χ4v) is 5.89. The molecule has 3 N–H and O–H groups in total. The minimum absolute atomic E-state index is 0.00230. The van der Waals surface area contributed by atoms with Crippen LogP contribution in [0.3, 0.4) is 0 Å². The van der Waals surface area contributed by atoms with Crippen molar-refractivity contribution in [3.63, 3.8) is 0 Å². The summed E-state index contributed by atoms with van der Waals surface area (Å²) in [5.74, 6) is -2.64. The first-order chi connectivity index (χ1) is 18.2. The molecule has 0 radical (unpaired) electrons. The molecule has 4 heterocycles. The van der Waals surface area contributed by atoms with E-state index in [0.29, 0.717) is 12.8 Å². The van der Waals surface area contributed by atoms with Crippen LogP contribution in [0.1, 0.15) is 28.9 Å². The summed E-state index contributed by atoms with van der Waals surface area (Å²) in [6.45, 7) is -0.463. The third-order valence-corrected chi connectivity index (χ3v) is 8.32. The number of aromatic nitrogens is 3. The van der Waals surface area contributed by atoms with Crippen LogP contribution in [0, 0.1) is 11.6 Å². The molecule has 10 nitrogen and oxygen atoms in total. The van der Waals surface area contributed by atoms with E-state index in [9.17, 15) is 27.2 Å². The topological polar surface area (TPSA) is 147 Å². The fraction of sp³-hybridized carbons (Fsp3) is 0.160. The summed E-state index contributed by atoms with van der Waals surface area (Å²) in [5, 5.41) is -0.544. The van der Waals surface area contributed by atoms with Gasteiger partial charge in [0.25, 0.3) is 11.5 Å². The summed E-state index contributed by atoms with van der Waals surface area (Å²) in [5.41, 5.74) is -1.77. The number of H-pyrrole nitrogens is 2. The largest absolute Gasteiger partial charge is 0.463 e. The predicted octanol–water partition coefficient (Wildman–Crippen LogP) is 2.98. The highest BCUT2D eigenvalue weighted by Gasteiger charge is 2.39. The zero-order chi connectivity index (χ0) is 26.8. The first-order valence-corrected chi connectivity index (χ1v) is 13.0. The highest BCUT2D eigenvalue weighted by atomic mass is 32.2. The van der Waals surface area contributed by atoms with Gasteiger partial charge in [-0.25, -0.2) is 21.9 Å². The molecule has 0 unspecified atom stereocenters. The third kappa shape index (κ3) is 3.82. The molecule has 0 saturated heterocycles. The van der Waals surface area contributed by atoms with E-state index in [1.165, 1.54) is 35.2 Å². The van der Waals surface area contributed by atoms with Gasteiger partial charge in [0.1, 0.15) is 22.9 Å². The van der Waals surface area contributed by atoms with Crippen LogP contribution in [-0.4, -0.2) is 34.1 Å². The lowest BCUT2D eigenvalue weighted by atomic mass is 10.0. The average Bonchev–Trinajstić information content (AvgIpc) is 3.54. The van der Waals surface area contributed by atoms with E-state index in [-0.39, 0.29) is 44.3 Å². The van der Waals surface area contributed by atoms with Crippen molar-refractivity contribution in [3.05, 3.63) is 92.6 Å². The monoisotopic (exact) mass is 540 g/mol. The molecule has 1 saturated carbocycles. The van der Waals surface area contributed by atoms with Gasteiger partial charge >= 0.3 is 0 Å². The highest BCUT2D eigenvalue weighted by Crippen LogP contribution is 2.40. The number of nitrogens with zero attached hydrogens (tertiary/aromatic N) is 1. The Kier molecular flexibility index (Phi) is 5.35. The van der Waals surface area contributed by atoms with Gasteiger partial charge < -0.3 is 19.0 Å². The lowest BCUT2D eigenvalue weighted by Crippen LogP contribution is -2.35. The van der Waals surface area contributed by atoms with E-state index in [2.05, 4.69) is 9.97 Å². The van der Waals surface area contributed by atoms with Crippen LogP contribution in [0.25, 0.3) is 33.0 Å². The number of sulfonamides is 1. The summed E-state index contributed by atoms with van der Waals surface area (Å²) < 4.78 is 64.1. The number of fused-ring (bicyclic) bond motifs is 3. The number of hydrogen-bond donors (Lipinski definition) is 3. The van der Waals surface area contributed by atoms with Gasteiger partial charge in [0.05, 0.1) is 39.9 Å². The van der Waals surface area contributed by atoms with Crippen molar-refractivity contribution in [1.82, 2.24) is 19.3 Å². The van der Waals surface area contributed by atoms with Gasteiger partial charge in [-0.15, -0.1) is 0 Å². The van der Waals surface area contributed by atoms with E-state index in [0.717, 1.165) is 18.3 Å². The van der Waals surface area contributed by atoms with Gasteiger partial charge in [-0.05, 0) is 37.1 Å². The van der Waals surface area contributed by atoms with Crippen molar-refractivity contribution in [2.75, 3.05) is 0 Å². The molecule has 1 fully saturated rings. The highest BCUT2D eigenvalue weighted by molar-refractivity contribution is 7.91. The zero-order valence-electron chi connectivity index (χ0n) is 19.4. The summed E-state index contributed by atoms with van der Waals surface area (Å²) >= 11 is 0. The lowest BCUT2D eigenvalue weighted by molar-refractivity contribution is 0.0973. The molecule has 13 heteroatoms. The van der Waals surface area contributed by atoms with Crippen LogP contribution >= 0.6 is 0 Å². The Labute approximate surface area is 212 Å². The standard InChI is InChI=1S/C25H18F2N4O6S/c26-16-9-18-21(23-14(16)5-7-37-23)20(15-2-1-6-28-24(15)33)22(25(34)30-38(35,36)13-3-4-13)31(18)11-12-8-19(32)29-10-17(12)27/h1-2,5-10,13H,3-4,11H2,(H,28,33)(H,29,32)(H,30,34). The average molecular weight is 541 g/mol. The quantitative estimate of drug-likeness (QED) is 0.302. The molecule has 1 aromatic carbocycles. The maximum Gasteiger partial charge on any atom is 0.282 e. The zero-order valence-corrected chi connectivity index (χ0v) is 20.2. The van der Waals surface area contributed by atoms with Crippen molar-refractivity contribution in [2.45, 2.75) is 24.6 Å². The second kappa shape index (κ2) is 8.52. The van der Waals surface area contributed by atoms with Crippen molar-refractivity contribution >= 4 is 37.8 Å². The molecule has 6 rings (SSSR count). The molecule has 5 aromatic rings. The van der Waals surface area contributed by atoms with Crippen LogP contribution in [0.5, 0.6) is 0 Å². The van der Waals surface area contributed by atoms with E-state index in [1.54, 1.807) is 0 Å². The Morgan fingerprint density at radius 3 is 2.66 bits per heavy atom. The maximum absolute atomic E-state index is 15.2. The van der Waals surface area contributed by atoms with Gasteiger partial charge in [0, 0.05) is 29.6 Å². The molecule has 38 heavy (non-hydrogen) atoms. The molecule has 1 aliphatic rings. The number of nitrogens with one attached hydrogen (secondary N) is 3. The third-order valence-electron chi connectivity index (χ3n) is 6.50. The number of pyridine rings is 2. The van der Waals surface area contributed by atoms with Gasteiger partial charge in [0.15, 0.2) is 0 Å². The number of halogens is 2. The van der Waals surface area contributed by atoms with Crippen LogP contribution in [0.15, 0.2) is 63.0 Å². The summed E-state index contributed by atoms with van der Waals surface area (Å²) in [4.78, 5) is 43.3. The van der Waals surface area contributed by atoms with Crippen molar-refractivity contribution in [1.29, 1.82) is 0 Å². The smallest absolute Gasteiger partial charge is 0.282 e. The molecule has 1 amide bonds. The predicted molar refractivity (Wildman–Crippen MR) is 133 cm³/mol. The fourth-order valence-electron chi connectivity index (χ4n) is 4.61. The normalized spacial score (nSPS) is 13.8. The Morgan fingerprint density at radius 2 is 1.92 bits per heavy atom. The molecular weight excluding hydrogens is 522 g/mol. The second-order valence-electron chi connectivity index (χ2n) is 8.98. The molecule has 0 bridgehead atoms. The Balaban J connectivity index is 1.73. The number of benzene rings is 1. The number of amides is 1. The molecule has 0 aliphatic heterocycles. The number of furan rings is 1. The SMILES string of the molecule is O=C(NS(=O)(=O)C1CC1)c1c(-c2ccc[nH]c2=O)c2c3occc3c(F)cc2n1Cc1cc(=O)[nH]cc1F. The van der Waals surface area contributed by atoms with Crippen molar-refractivity contribution in [3.8, 4) is 11.1 Å². The molecule has 4 aromatic heterocycles. The van der Waals surface area contributed by atoms with Crippen molar-refractivity contribution < 1.29 is 26.4 Å². The number of hydrogen-bond acceptors (Lipinski definition) is 6. The Morgan fingerprint density at radius 1 is 1.13 bits per heavy atom. The minimum atomic E-state index is -4.05. The second-order valence-corrected chi connectivity index (χ2v) is 10.9. The van der Waals surface area contributed by atoms with Gasteiger partial charge in [-0.2, -0.15) is 0 Å². The maximum atomic E-state index is 15.2. The molecular formula is C25H18F2N4O6S. The number of rotatable bonds is 6. The molecule has 0 atom stereocenters. The summed E-state index contributed by atoms with van der Waals surface area (Å²) in [6, 6.07) is 6.34. The molecule has 194 valence electrons. The van der Waals surface area contributed by atoms with Crippen LogP contribution in [-0.2, 0) is 16.6 Å². The van der Waals surface area contributed by atoms with E-state index < -0.39 is 50.5 Å². The van der Waals surface area contributed by atoms with Crippen LogP contribution < -0.4 is 15.8 Å². The van der Waals surface area contributed by atoms with E-state index >= 15 is 4.39 Å². The number of carbonyl (C=O) groups excluding carboxylic acids is 1. The number of carbonyl (C=O) groups is 1. The van der Waals surface area contributed by atoms with Gasteiger partial charge in [0.2, 0.25) is 15.6 Å². The van der Waals surface area contributed by atoms with Gasteiger partial charge in [-0.3, -0.25) is 14.4 Å². The summed E-state index contributed by atoms with van der Waals surface area (Å²) in [6.07, 6.45) is 4.21. The first-order valence-electron chi connectivity index (χ1n) is 11.5. The van der Waals surface area contributed by atoms with Crippen LogP contribution in [0.2, 0.25) is 0 Å². The number of aromatic amines is 2. The Bertz CT molecular complexity index is 2000. The summed E-state index contributed by atoms with van der Waals surface area (Å²) in [7, 11) is -4.05. The van der Waals surface area contributed by atoms with Crippen LogP contribution in [0.4, 0.5) is 8.78 Å². The van der Waals surface area contributed by atoms with E-state index in [4.69, 9.17) is 4.42 Å². The van der Waals surface area contributed by atoms with Crippen molar-refractivity contribution in [2.24, 2.45) is 0 Å².